The lowest BCUT2D eigenvalue weighted by Gasteiger charge is -2.15. The first-order valence-corrected chi connectivity index (χ1v) is 7.96. The number of hydrogen-bond acceptors (Lipinski definition) is 6. The van der Waals surface area contributed by atoms with Crippen molar-refractivity contribution in [3.05, 3.63) is 60.3 Å². The minimum Gasteiger partial charge on any atom is -0.489 e. The quantitative estimate of drug-likeness (QED) is 0.680. The highest BCUT2D eigenvalue weighted by molar-refractivity contribution is 5.64. The van der Waals surface area contributed by atoms with Crippen molar-refractivity contribution in [1.29, 1.82) is 0 Å². The van der Waals surface area contributed by atoms with E-state index < -0.39 is 11.6 Å². The number of para-hydroxylation sites is 2. The van der Waals surface area contributed by atoms with Crippen molar-refractivity contribution in [1.82, 2.24) is 15.2 Å². The molecule has 0 unspecified atom stereocenters. The number of anilines is 4. The minimum atomic E-state index is -0.961. The Balaban J connectivity index is 1.78. The van der Waals surface area contributed by atoms with Crippen molar-refractivity contribution < 1.29 is 13.5 Å². The fourth-order valence-corrected chi connectivity index (χ4v) is 2.18. The largest absolute Gasteiger partial charge is 0.489 e. The molecule has 3 rings (SSSR count). The van der Waals surface area contributed by atoms with E-state index in [9.17, 15) is 8.78 Å². The van der Waals surface area contributed by atoms with E-state index in [0.29, 0.717) is 17.3 Å². The van der Waals surface area contributed by atoms with E-state index in [2.05, 4.69) is 25.8 Å². The van der Waals surface area contributed by atoms with Crippen LogP contribution in [0.4, 0.5) is 31.9 Å². The molecule has 0 saturated carbocycles. The van der Waals surface area contributed by atoms with Crippen molar-refractivity contribution in [3.63, 3.8) is 0 Å². The molecule has 1 aromatic heterocycles. The number of ether oxygens (including phenoxy) is 1. The molecular weight excluding hydrogens is 340 g/mol. The van der Waals surface area contributed by atoms with Crippen molar-refractivity contribution in [2.45, 2.75) is 20.0 Å². The van der Waals surface area contributed by atoms with Crippen LogP contribution in [0.15, 0.2) is 48.7 Å². The van der Waals surface area contributed by atoms with Gasteiger partial charge in [0.05, 0.1) is 18.0 Å². The molecule has 1 heterocycles. The zero-order valence-electron chi connectivity index (χ0n) is 14.2. The topological polar surface area (TPSA) is 72.0 Å². The molecule has 0 aliphatic carbocycles. The second-order valence-electron chi connectivity index (χ2n) is 5.71. The summed E-state index contributed by atoms with van der Waals surface area (Å²) in [5.74, 6) is -0.645. The molecule has 2 aromatic carbocycles. The summed E-state index contributed by atoms with van der Waals surface area (Å²) in [6.45, 7) is 3.87. The highest BCUT2D eigenvalue weighted by atomic mass is 19.2. The first kappa shape index (κ1) is 17.5. The van der Waals surface area contributed by atoms with Crippen LogP contribution in [0.5, 0.6) is 5.75 Å². The molecule has 0 amide bonds. The van der Waals surface area contributed by atoms with E-state index in [-0.39, 0.29) is 12.1 Å². The fraction of sp³-hybridized carbons (Fsp3) is 0.167. The van der Waals surface area contributed by atoms with Crippen LogP contribution >= 0.6 is 0 Å². The molecule has 2 N–H and O–H groups in total. The molecule has 0 aliphatic heterocycles. The van der Waals surface area contributed by atoms with Gasteiger partial charge in [0.2, 0.25) is 5.95 Å². The lowest BCUT2D eigenvalue weighted by molar-refractivity contribution is 0.244. The lowest BCUT2D eigenvalue weighted by atomic mass is 10.3. The Morgan fingerprint density at radius 1 is 1.00 bits per heavy atom. The third kappa shape index (κ3) is 4.41. The molecule has 0 aliphatic rings. The van der Waals surface area contributed by atoms with Gasteiger partial charge in [0.25, 0.3) is 0 Å². The Labute approximate surface area is 149 Å². The van der Waals surface area contributed by atoms with Crippen molar-refractivity contribution in [3.8, 4) is 5.75 Å². The molecule has 3 aromatic rings. The molecule has 0 fully saturated rings. The summed E-state index contributed by atoms with van der Waals surface area (Å²) in [6, 6.07) is 10.9. The zero-order chi connectivity index (χ0) is 18.5. The summed E-state index contributed by atoms with van der Waals surface area (Å²) in [5, 5.41) is 13.6. The van der Waals surface area contributed by atoms with E-state index in [0.717, 1.165) is 17.8 Å². The maximum Gasteiger partial charge on any atom is 0.249 e. The van der Waals surface area contributed by atoms with Crippen molar-refractivity contribution in [2.75, 3.05) is 10.6 Å². The summed E-state index contributed by atoms with van der Waals surface area (Å²) < 4.78 is 32.1. The van der Waals surface area contributed by atoms with Gasteiger partial charge in [-0.05, 0) is 38.1 Å². The van der Waals surface area contributed by atoms with Gasteiger partial charge in [-0.2, -0.15) is 10.1 Å². The standard InChI is InChI=1S/C18H17F2N5O/c1-11(2)26-16-6-4-3-5-15(16)23-17-10-21-25-18(24-17)22-12-7-8-13(19)14(20)9-12/h3-11H,1-2H3,(H2,22,23,24,25). The van der Waals surface area contributed by atoms with Gasteiger partial charge < -0.3 is 15.4 Å². The maximum atomic E-state index is 13.3. The van der Waals surface area contributed by atoms with E-state index >= 15 is 0 Å². The van der Waals surface area contributed by atoms with Gasteiger partial charge in [0, 0.05) is 11.8 Å². The average Bonchev–Trinajstić information content (AvgIpc) is 2.60. The molecule has 8 heteroatoms. The van der Waals surface area contributed by atoms with Crippen LogP contribution < -0.4 is 15.4 Å². The van der Waals surface area contributed by atoms with Gasteiger partial charge in [0.1, 0.15) is 5.75 Å². The van der Waals surface area contributed by atoms with Crippen LogP contribution in [0.1, 0.15) is 13.8 Å². The third-order valence-electron chi connectivity index (χ3n) is 3.25. The summed E-state index contributed by atoms with van der Waals surface area (Å²) in [4.78, 5) is 4.27. The van der Waals surface area contributed by atoms with Gasteiger partial charge in [-0.25, -0.2) is 8.78 Å². The van der Waals surface area contributed by atoms with Crippen LogP contribution in [0.2, 0.25) is 0 Å². The van der Waals surface area contributed by atoms with E-state index in [1.54, 1.807) is 0 Å². The molecule has 0 spiro atoms. The van der Waals surface area contributed by atoms with Crippen LogP contribution in [0, 0.1) is 11.6 Å². The number of halogens is 2. The second kappa shape index (κ2) is 7.73. The molecule has 0 radical (unpaired) electrons. The van der Waals surface area contributed by atoms with E-state index in [4.69, 9.17) is 4.74 Å². The van der Waals surface area contributed by atoms with Crippen molar-refractivity contribution in [2.24, 2.45) is 0 Å². The van der Waals surface area contributed by atoms with Crippen LogP contribution in [-0.4, -0.2) is 21.3 Å². The number of nitrogens with one attached hydrogen (secondary N) is 2. The molecule has 26 heavy (non-hydrogen) atoms. The fourth-order valence-electron chi connectivity index (χ4n) is 2.18. The Kier molecular flexibility index (Phi) is 5.21. The number of rotatable bonds is 6. The van der Waals surface area contributed by atoms with Gasteiger partial charge >= 0.3 is 0 Å². The SMILES string of the molecule is CC(C)Oc1ccccc1Nc1cnnc(Nc2ccc(F)c(F)c2)n1. The van der Waals surface area contributed by atoms with Crippen LogP contribution in [0.3, 0.4) is 0 Å². The van der Waals surface area contributed by atoms with E-state index in [1.807, 2.05) is 38.1 Å². The summed E-state index contributed by atoms with van der Waals surface area (Å²) in [6.07, 6.45) is 1.47. The maximum absolute atomic E-state index is 13.3. The molecule has 134 valence electrons. The Morgan fingerprint density at radius 3 is 2.58 bits per heavy atom. The zero-order valence-corrected chi connectivity index (χ0v) is 14.2. The normalized spacial score (nSPS) is 10.7. The Hall–Kier alpha value is -3.29. The summed E-state index contributed by atoms with van der Waals surface area (Å²) in [7, 11) is 0. The van der Waals surface area contributed by atoms with Crippen LogP contribution in [0.25, 0.3) is 0 Å². The van der Waals surface area contributed by atoms with Gasteiger partial charge in [-0.1, -0.05) is 12.1 Å². The molecule has 0 saturated heterocycles. The highest BCUT2D eigenvalue weighted by Crippen LogP contribution is 2.27. The van der Waals surface area contributed by atoms with Crippen molar-refractivity contribution >= 4 is 23.1 Å². The third-order valence-corrected chi connectivity index (χ3v) is 3.25. The number of hydrogen-bond donors (Lipinski definition) is 2. The number of nitrogens with zero attached hydrogens (tertiary/aromatic N) is 3. The first-order valence-electron chi connectivity index (χ1n) is 7.96. The lowest BCUT2D eigenvalue weighted by Crippen LogP contribution is -2.08. The molecule has 0 atom stereocenters. The molecular formula is C18H17F2N5O. The van der Waals surface area contributed by atoms with Gasteiger partial charge in [0.15, 0.2) is 17.5 Å². The average molecular weight is 357 g/mol. The smallest absolute Gasteiger partial charge is 0.249 e. The summed E-state index contributed by atoms with van der Waals surface area (Å²) >= 11 is 0. The minimum absolute atomic E-state index is 0.0204. The first-order chi connectivity index (χ1) is 12.5. The predicted octanol–water partition coefficient (Wildman–Crippen LogP) is 4.42. The molecule has 0 bridgehead atoms. The Morgan fingerprint density at radius 2 is 1.81 bits per heavy atom. The number of aromatic nitrogens is 3. The monoisotopic (exact) mass is 357 g/mol. The predicted molar refractivity (Wildman–Crippen MR) is 95.0 cm³/mol. The number of benzene rings is 2. The van der Waals surface area contributed by atoms with E-state index in [1.165, 1.54) is 12.3 Å². The van der Waals surface area contributed by atoms with Crippen LogP contribution in [-0.2, 0) is 0 Å². The highest BCUT2D eigenvalue weighted by Gasteiger charge is 2.08. The van der Waals surface area contributed by atoms with Gasteiger partial charge in [-0.3, -0.25) is 0 Å². The Bertz CT molecular complexity index is 904. The van der Waals surface area contributed by atoms with Gasteiger partial charge in [-0.15, -0.1) is 5.10 Å². The second-order valence-corrected chi connectivity index (χ2v) is 5.71. The molecule has 6 nitrogen and oxygen atoms in total. The summed E-state index contributed by atoms with van der Waals surface area (Å²) in [5.41, 5.74) is 1.03.